The smallest absolute Gasteiger partial charge is 0.457 e. The first kappa shape index (κ1) is 44.0. The molecule has 0 radical (unpaired) electrons. The number of carbonyl (C=O) groups is 4. The second kappa shape index (κ2) is 20.2. The number of fused-ring (bicyclic) bond motifs is 5. The average Bonchev–Trinajstić information content (AvgIpc) is 3.64. The number of esters is 1. The van der Waals surface area contributed by atoms with Gasteiger partial charge in [0, 0.05) is 48.8 Å². The molecule has 4 aliphatic rings. The van der Waals surface area contributed by atoms with E-state index in [1.54, 1.807) is 28.5 Å². The predicted molar refractivity (Wildman–Crippen MR) is 221 cm³/mol. The number of hydrogen-bond acceptors (Lipinski definition) is 14. The lowest BCUT2D eigenvalue weighted by molar-refractivity contribution is -0.175. The molecule has 1 N–H and O–H groups in total. The minimum Gasteiger partial charge on any atom is -0.457 e. The first-order chi connectivity index (χ1) is 29.7. The minimum atomic E-state index is -1.94. The van der Waals surface area contributed by atoms with Crippen LogP contribution in [0.1, 0.15) is 81.5 Å². The van der Waals surface area contributed by atoms with E-state index in [0.717, 1.165) is 42.4 Å². The average molecular weight is 848 g/mol. The first-order valence-electron chi connectivity index (χ1n) is 21.6. The lowest BCUT2D eigenvalue weighted by atomic mass is 9.85. The van der Waals surface area contributed by atoms with Crippen molar-refractivity contribution in [3.05, 3.63) is 56.9 Å². The third-order valence-electron chi connectivity index (χ3n) is 12.0. The molecule has 2 fully saturated rings. The number of likely N-dealkylation sites (tertiary alicyclic amines) is 2. The normalized spacial score (nSPS) is 18.9. The van der Waals surface area contributed by atoms with Crippen LogP contribution in [0, 0.1) is 0 Å². The van der Waals surface area contributed by atoms with Gasteiger partial charge in [0.1, 0.15) is 25.6 Å². The Hall–Kier alpha value is -5.10. The van der Waals surface area contributed by atoms with Crippen LogP contribution >= 0.6 is 0 Å². The molecule has 3 aromatic rings. The van der Waals surface area contributed by atoms with Crippen molar-refractivity contribution in [1.29, 1.82) is 0 Å². The number of aryl methyl sites for hydroxylation is 1. The Morgan fingerprint density at radius 2 is 1.67 bits per heavy atom. The van der Waals surface area contributed by atoms with Gasteiger partial charge in [-0.15, -0.1) is 0 Å². The monoisotopic (exact) mass is 847 g/mol. The van der Waals surface area contributed by atoms with Crippen LogP contribution in [0.25, 0.3) is 22.3 Å². The number of aromatic nitrogens is 2. The summed E-state index contributed by atoms with van der Waals surface area (Å²) in [5.74, 6) is -0.686. The summed E-state index contributed by atoms with van der Waals surface area (Å²) in [5, 5.41) is 3.48. The van der Waals surface area contributed by atoms with Crippen molar-refractivity contribution in [1.82, 2.24) is 24.7 Å². The summed E-state index contributed by atoms with van der Waals surface area (Å²) in [4.78, 5) is 75.3. The zero-order chi connectivity index (χ0) is 42.9. The summed E-state index contributed by atoms with van der Waals surface area (Å²) in [6.45, 7) is 10.5. The summed E-state index contributed by atoms with van der Waals surface area (Å²) >= 11 is 0. The zero-order valence-electron chi connectivity index (χ0n) is 35.4. The highest BCUT2D eigenvalue weighted by Gasteiger charge is 2.51. The van der Waals surface area contributed by atoms with Crippen LogP contribution in [0.5, 0.6) is 5.75 Å². The lowest BCUT2D eigenvalue weighted by Gasteiger charge is -2.39. The summed E-state index contributed by atoms with van der Waals surface area (Å²) in [7, 11) is 0. The Morgan fingerprint density at radius 1 is 0.902 bits per heavy atom. The summed E-state index contributed by atoms with van der Waals surface area (Å²) in [5.41, 5.74) is 1.64. The Morgan fingerprint density at radius 3 is 2.43 bits per heavy atom. The molecular weight excluding hydrogens is 791 g/mol. The van der Waals surface area contributed by atoms with Crippen molar-refractivity contribution in [2.75, 3.05) is 79.0 Å². The number of carbonyl (C=O) groups excluding carboxylic acids is 4. The SMILES string of the molecule is CCOCCOCC(=O)NCCOCCOC(=O)O[C@]1(CC)C(=O)OCc2c1cc1n(c2=O)Cc2c-1nc1ccc(OC(=O)N3CCC(N4CCCCC4)CC3)cc1c2CC. The zero-order valence-corrected chi connectivity index (χ0v) is 35.4. The molecule has 2 aromatic heterocycles. The number of amides is 2. The van der Waals surface area contributed by atoms with Crippen molar-refractivity contribution in [2.45, 2.75) is 90.5 Å². The van der Waals surface area contributed by atoms with Crippen LogP contribution in [0.4, 0.5) is 9.59 Å². The number of pyridine rings is 2. The van der Waals surface area contributed by atoms with Gasteiger partial charge < -0.3 is 52.8 Å². The van der Waals surface area contributed by atoms with E-state index in [9.17, 15) is 24.0 Å². The number of hydrogen-bond donors (Lipinski definition) is 1. The highest BCUT2D eigenvalue weighted by molar-refractivity contribution is 5.91. The van der Waals surface area contributed by atoms with Gasteiger partial charge in [-0.05, 0) is 88.4 Å². The van der Waals surface area contributed by atoms with Gasteiger partial charge in [-0.25, -0.2) is 19.4 Å². The van der Waals surface area contributed by atoms with E-state index in [0.29, 0.717) is 68.0 Å². The summed E-state index contributed by atoms with van der Waals surface area (Å²) < 4.78 is 39.8. The number of benzene rings is 1. The van der Waals surface area contributed by atoms with Crippen molar-refractivity contribution in [2.24, 2.45) is 0 Å². The van der Waals surface area contributed by atoms with Crippen molar-refractivity contribution in [3.8, 4) is 17.1 Å². The molecule has 330 valence electrons. The Kier molecular flexibility index (Phi) is 14.5. The number of nitrogens with zero attached hydrogens (tertiary/aromatic N) is 4. The van der Waals surface area contributed by atoms with E-state index >= 15 is 0 Å². The molecule has 4 aliphatic heterocycles. The second-order valence-corrected chi connectivity index (χ2v) is 15.6. The quantitative estimate of drug-likeness (QED) is 0.116. The third-order valence-corrected chi connectivity index (χ3v) is 12.0. The Labute approximate surface area is 354 Å². The van der Waals surface area contributed by atoms with Gasteiger partial charge in [0.15, 0.2) is 0 Å². The van der Waals surface area contributed by atoms with E-state index in [-0.39, 0.29) is 81.2 Å². The van der Waals surface area contributed by atoms with Crippen LogP contribution in [0.3, 0.4) is 0 Å². The molecule has 0 unspecified atom stereocenters. The van der Waals surface area contributed by atoms with Crippen molar-refractivity contribution < 1.29 is 52.3 Å². The maximum atomic E-state index is 14.2. The third kappa shape index (κ3) is 9.69. The first-order valence-corrected chi connectivity index (χ1v) is 21.6. The van der Waals surface area contributed by atoms with E-state index in [1.165, 1.54) is 19.3 Å². The Balaban J connectivity index is 1.00. The fraction of sp³-hybridized carbons (Fsp3) is 0.591. The van der Waals surface area contributed by atoms with Gasteiger partial charge in [0.2, 0.25) is 11.5 Å². The molecular formula is C44H57N5O12. The van der Waals surface area contributed by atoms with Gasteiger partial charge in [-0.2, -0.15) is 0 Å². The molecule has 17 heteroatoms. The molecule has 0 bridgehead atoms. The highest BCUT2D eigenvalue weighted by atomic mass is 16.7. The number of rotatable bonds is 17. The molecule has 2 saturated heterocycles. The predicted octanol–water partition coefficient (Wildman–Crippen LogP) is 4.44. The number of cyclic esters (lactones) is 1. The van der Waals surface area contributed by atoms with E-state index in [1.807, 2.05) is 26.0 Å². The molecule has 17 nitrogen and oxygen atoms in total. The topological polar surface area (TPSA) is 186 Å². The summed E-state index contributed by atoms with van der Waals surface area (Å²) in [6.07, 6.45) is 4.75. The van der Waals surface area contributed by atoms with Crippen LogP contribution in [-0.2, 0) is 63.2 Å². The fourth-order valence-corrected chi connectivity index (χ4v) is 8.83. The number of ether oxygens (including phenoxy) is 7. The number of piperidine rings is 2. The molecule has 1 atom stereocenters. The van der Waals surface area contributed by atoms with Crippen LogP contribution in [-0.4, -0.2) is 128 Å². The summed E-state index contributed by atoms with van der Waals surface area (Å²) in [6, 6.07) is 7.61. The lowest BCUT2D eigenvalue weighted by Crippen LogP contribution is -2.48. The molecule has 0 spiro atoms. The fourth-order valence-electron chi connectivity index (χ4n) is 8.83. The van der Waals surface area contributed by atoms with Crippen molar-refractivity contribution >= 4 is 35.0 Å². The van der Waals surface area contributed by atoms with Gasteiger partial charge >= 0.3 is 18.2 Å². The second-order valence-electron chi connectivity index (χ2n) is 15.6. The molecule has 7 rings (SSSR count). The minimum absolute atomic E-state index is 0.00270. The van der Waals surface area contributed by atoms with E-state index in [4.69, 9.17) is 38.1 Å². The molecule has 6 heterocycles. The van der Waals surface area contributed by atoms with Gasteiger partial charge in [0.25, 0.3) is 5.56 Å². The van der Waals surface area contributed by atoms with Crippen LogP contribution in [0.15, 0.2) is 29.1 Å². The van der Waals surface area contributed by atoms with Gasteiger partial charge in [-0.3, -0.25) is 9.59 Å². The van der Waals surface area contributed by atoms with Gasteiger partial charge in [-0.1, -0.05) is 20.3 Å². The number of nitrogens with one attached hydrogen (secondary N) is 1. The molecule has 0 aliphatic carbocycles. The van der Waals surface area contributed by atoms with Gasteiger partial charge in [0.05, 0.1) is 55.4 Å². The van der Waals surface area contributed by atoms with E-state index in [2.05, 4.69) is 10.2 Å². The maximum absolute atomic E-state index is 14.2. The molecule has 0 saturated carbocycles. The standard InChI is InChI=1S/C44H57N5O12/c1-4-31-32-24-30(60-42(53)48-17-12-29(13-18-48)47-15-8-7-9-16-47)10-11-36(32)46-39-33(31)26-49-37(39)25-35-34(40(49)51)27-59-41(52)44(35,5-2)61-43(54)58-23-22-56-19-14-45-38(50)28-57-21-20-55-6-3/h10-11,24-25,29H,4-9,12-23,26-28H2,1-3H3,(H,45,50)/t44-/m0/s1. The van der Waals surface area contributed by atoms with Crippen molar-refractivity contribution in [3.63, 3.8) is 0 Å². The van der Waals surface area contributed by atoms with Crippen LogP contribution < -0.4 is 15.6 Å². The molecule has 2 amide bonds. The largest absolute Gasteiger partial charge is 0.509 e. The van der Waals surface area contributed by atoms with E-state index < -0.39 is 17.7 Å². The highest BCUT2D eigenvalue weighted by Crippen LogP contribution is 2.42. The molecule has 1 aromatic carbocycles. The maximum Gasteiger partial charge on any atom is 0.509 e. The molecule has 61 heavy (non-hydrogen) atoms. The Bertz CT molecular complexity index is 2140. The van der Waals surface area contributed by atoms with Crippen LogP contribution in [0.2, 0.25) is 0 Å².